The average molecular weight is 392 g/mol. The van der Waals surface area contributed by atoms with E-state index < -0.39 is 10.0 Å². The van der Waals surface area contributed by atoms with Crippen LogP contribution in [0.3, 0.4) is 0 Å². The number of rotatable bonds is 4. The molecule has 0 bridgehead atoms. The fraction of sp³-hybridized carbons (Fsp3) is 0.529. The van der Waals surface area contributed by atoms with Crippen LogP contribution >= 0.6 is 0 Å². The van der Waals surface area contributed by atoms with Crippen molar-refractivity contribution in [3.8, 4) is 5.69 Å². The lowest BCUT2D eigenvalue weighted by Gasteiger charge is -2.32. The molecule has 0 saturated carbocycles. The monoisotopic (exact) mass is 392 g/mol. The molecule has 1 saturated heterocycles. The van der Waals surface area contributed by atoms with Crippen molar-refractivity contribution in [2.24, 2.45) is 5.92 Å². The maximum Gasteiger partial charge on any atom is 0.243 e. The van der Waals surface area contributed by atoms with Gasteiger partial charge in [0.1, 0.15) is 6.33 Å². The van der Waals surface area contributed by atoms with Gasteiger partial charge in [-0.15, -0.1) is 5.10 Å². The van der Waals surface area contributed by atoms with Gasteiger partial charge in [-0.2, -0.15) is 4.31 Å². The quantitative estimate of drug-likeness (QED) is 0.830. The zero-order chi connectivity index (χ0) is 19.7. The van der Waals surface area contributed by atoms with E-state index in [0.717, 1.165) is 0 Å². The molecule has 1 aromatic carbocycles. The SMILES string of the molecule is CC(C)(C)NC(=O)C1CCN(S(=O)(=O)c2ccc(-n3cnnn3)cc2)CC1. The lowest BCUT2D eigenvalue weighted by atomic mass is 9.96. The van der Waals surface area contributed by atoms with Crippen molar-refractivity contribution in [3.63, 3.8) is 0 Å². The van der Waals surface area contributed by atoms with Gasteiger partial charge in [0.25, 0.3) is 0 Å². The Kier molecular flexibility index (Phi) is 5.29. The predicted molar refractivity (Wildman–Crippen MR) is 98.5 cm³/mol. The van der Waals surface area contributed by atoms with Crippen LogP contribution in [-0.4, -0.2) is 57.5 Å². The minimum absolute atomic E-state index is 0.00894. The molecule has 0 spiro atoms. The van der Waals surface area contributed by atoms with Crippen molar-refractivity contribution in [2.45, 2.75) is 44.0 Å². The Morgan fingerprint density at radius 1 is 1.15 bits per heavy atom. The molecule has 3 rings (SSSR count). The van der Waals surface area contributed by atoms with E-state index in [1.165, 1.54) is 15.3 Å². The molecule has 9 nitrogen and oxygen atoms in total. The minimum Gasteiger partial charge on any atom is -0.351 e. The number of sulfonamides is 1. The molecule has 146 valence electrons. The summed E-state index contributed by atoms with van der Waals surface area (Å²) >= 11 is 0. The van der Waals surface area contributed by atoms with Gasteiger partial charge in [-0.1, -0.05) is 0 Å². The first kappa shape index (κ1) is 19.4. The Hall–Kier alpha value is -2.33. The van der Waals surface area contributed by atoms with Crippen molar-refractivity contribution >= 4 is 15.9 Å². The number of hydrogen-bond donors (Lipinski definition) is 1. The summed E-state index contributed by atoms with van der Waals surface area (Å²) in [6.07, 6.45) is 2.48. The molecule has 1 aliphatic rings. The highest BCUT2D eigenvalue weighted by atomic mass is 32.2. The first-order valence-electron chi connectivity index (χ1n) is 8.82. The number of amides is 1. The van der Waals surface area contributed by atoms with Crippen LogP contribution in [0.15, 0.2) is 35.5 Å². The zero-order valence-electron chi connectivity index (χ0n) is 15.7. The van der Waals surface area contributed by atoms with Gasteiger partial charge in [0.15, 0.2) is 0 Å². The van der Waals surface area contributed by atoms with E-state index >= 15 is 0 Å². The maximum absolute atomic E-state index is 12.9. The van der Waals surface area contributed by atoms with E-state index in [2.05, 4.69) is 20.8 Å². The van der Waals surface area contributed by atoms with E-state index in [9.17, 15) is 13.2 Å². The molecule has 0 aliphatic carbocycles. The number of benzene rings is 1. The van der Waals surface area contributed by atoms with Crippen LogP contribution in [0.4, 0.5) is 0 Å². The number of nitrogens with zero attached hydrogens (tertiary/aromatic N) is 5. The van der Waals surface area contributed by atoms with Crippen LogP contribution in [-0.2, 0) is 14.8 Å². The minimum atomic E-state index is -3.59. The summed E-state index contributed by atoms with van der Waals surface area (Å²) < 4.78 is 28.6. The number of hydrogen-bond acceptors (Lipinski definition) is 6. The molecule has 2 aromatic rings. The summed E-state index contributed by atoms with van der Waals surface area (Å²) in [6.45, 7) is 6.47. The molecular formula is C17H24N6O3S. The Labute approximate surface area is 158 Å². The number of aromatic nitrogens is 4. The average Bonchev–Trinajstić information content (AvgIpc) is 3.15. The van der Waals surface area contributed by atoms with E-state index in [-0.39, 0.29) is 22.3 Å². The lowest BCUT2D eigenvalue weighted by molar-refractivity contribution is -0.127. The molecule has 27 heavy (non-hydrogen) atoms. The molecule has 1 N–H and O–H groups in total. The van der Waals surface area contributed by atoms with Gasteiger partial charge >= 0.3 is 0 Å². The maximum atomic E-state index is 12.9. The van der Waals surface area contributed by atoms with Gasteiger partial charge < -0.3 is 5.32 Å². The second-order valence-electron chi connectivity index (χ2n) is 7.67. The highest BCUT2D eigenvalue weighted by Crippen LogP contribution is 2.25. The van der Waals surface area contributed by atoms with E-state index in [1.807, 2.05) is 20.8 Å². The number of tetrazole rings is 1. The molecular weight excluding hydrogens is 368 g/mol. The van der Waals surface area contributed by atoms with Crippen molar-refractivity contribution in [2.75, 3.05) is 13.1 Å². The summed E-state index contributed by atoms with van der Waals surface area (Å²) in [5.74, 6) is -0.164. The molecule has 0 unspecified atom stereocenters. The van der Waals surface area contributed by atoms with Crippen molar-refractivity contribution in [1.29, 1.82) is 0 Å². The third kappa shape index (κ3) is 4.51. The Balaban J connectivity index is 1.65. The van der Waals surface area contributed by atoms with Crippen LogP contribution < -0.4 is 5.32 Å². The molecule has 2 heterocycles. The zero-order valence-corrected chi connectivity index (χ0v) is 16.5. The van der Waals surface area contributed by atoms with Gasteiger partial charge in [-0.05, 0) is 68.3 Å². The van der Waals surface area contributed by atoms with Crippen molar-refractivity contribution < 1.29 is 13.2 Å². The number of piperidine rings is 1. The fourth-order valence-electron chi connectivity index (χ4n) is 3.03. The third-order valence-corrected chi connectivity index (χ3v) is 6.32. The largest absolute Gasteiger partial charge is 0.351 e. The fourth-order valence-corrected chi connectivity index (χ4v) is 4.50. The van der Waals surface area contributed by atoms with E-state index in [1.54, 1.807) is 24.3 Å². The van der Waals surface area contributed by atoms with Gasteiger partial charge in [0, 0.05) is 24.5 Å². The van der Waals surface area contributed by atoms with Gasteiger partial charge in [0.05, 0.1) is 10.6 Å². The first-order valence-corrected chi connectivity index (χ1v) is 10.3. The van der Waals surface area contributed by atoms with Crippen LogP contribution in [0, 0.1) is 5.92 Å². The van der Waals surface area contributed by atoms with Crippen LogP contribution in [0.1, 0.15) is 33.6 Å². The normalized spacial score (nSPS) is 17.0. The Morgan fingerprint density at radius 3 is 2.30 bits per heavy atom. The van der Waals surface area contributed by atoms with Gasteiger partial charge in [-0.25, -0.2) is 13.1 Å². The Bertz CT molecular complexity index is 880. The molecule has 1 amide bonds. The summed E-state index contributed by atoms with van der Waals surface area (Å²) in [5, 5.41) is 13.9. The Morgan fingerprint density at radius 2 is 1.78 bits per heavy atom. The molecule has 0 atom stereocenters. The summed E-state index contributed by atoms with van der Waals surface area (Å²) in [7, 11) is -3.59. The van der Waals surface area contributed by atoms with Crippen molar-refractivity contribution in [1.82, 2.24) is 29.8 Å². The highest BCUT2D eigenvalue weighted by molar-refractivity contribution is 7.89. The molecule has 1 aliphatic heterocycles. The third-order valence-electron chi connectivity index (χ3n) is 4.41. The standard InChI is InChI=1S/C17H24N6O3S/c1-17(2,3)19-16(24)13-8-10-22(11-9-13)27(25,26)15-6-4-14(5-7-15)23-12-18-20-21-23/h4-7,12-13H,8-11H2,1-3H3,(H,19,24). The summed E-state index contributed by atoms with van der Waals surface area (Å²) in [5.41, 5.74) is 0.387. The summed E-state index contributed by atoms with van der Waals surface area (Å²) in [4.78, 5) is 12.5. The highest BCUT2D eigenvalue weighted by Gasteiger charge is 2.33. The molecule has 0 radical (unpaired) electrons. The number of carbonyl (C=O) groups excluding carboxylic acids is 1. The van der Waals surface area contributed by atoms with Gasteiger partial charge in [0.2, 0.25) is 15.9 Å². The van der Waals surface area contributed by atoms with Crippen LogP contribution in [0.25, 0.3) is 5.69 Å². The second-order valence-corrected chi connectivity index (χ2v) is 9.60. The van der Waals surface area contributed by atoms with Gasteiger partial charge in [-0.3, -0.25) is 4.79 Å². The summed E-state index contributed by atoms with van der Waals surface area (Å²) in [6, 6.07) is 6.41. The van der Waals surface area contributed by atoms with E-state index in [0.29, 0.717) is 31.6 Å². The number of nitrogens with one attached hydrogen (secondary N) is 1. The first-order chi connectivity index (χ1) is 12.7. The predicted octanol–water partition coefficient (Wildman–Crippen LogP) is 0.978. The van der Waals surface area contributed by atoms with Crippen molar-refractivity contribution in [3.05, 3.63) is 30.6 Å². The topological polar surface area (TPSA) is 110 Å². The second kappa shape index (κ2) is 7.35. The molecule has 1 aromatic heterocycles. The van der Waals surface area contributed by atoms with Crippen LogP contribution in [0.5, 0.6) is 0 Å². The lowest BCUT2D eigenvalue weighted by Crippen LogP contribution is -2.47. The smallest absolute Gasteiger partial charge is 0.243 e. The van der Waals surface area contributed by atoms with Crippen LogP contribution in [0.2, 0.25) is 0 Å². The number of carbonyl (C=O) groups is 1. The molecule has 1 fully saturated rings. The van der Waals surface area contributed by atoms with E-state index in [4.69, 9.17) is 0 Å². The molecule has 10 heteroatoms.